The highest BCUT2D eigenvalue weighted by Gasteiger charge is 2.28. The molecule has 0 spiro atoms. The number of Topliss-reactive ketones (excluding diaryl/α,β-unsaturated/α-hetero) is 1. The van der Waals surface area contributed by atoms with E-state index >= 15 is 0 Å². The highest BCUT2D eigenvalue weighted by atomic mass is 16.6. The number of hydrogen-bond acceptors (Lipinski definition) is 7. The molecule has 0 amide bonds. The van der Waals surface area contributed by atoms with E-state index in [1.807, 2.05) is 0 Å². The van der Waals surface area contributed by atoms with Crippen molar-refractivity contribution >= 4 is 17.8 Å². The maximum atomic E-state index is 12.6. The van der Waals surface area contributed by atoms with Gasteiger partial charge < -0.3 is 23.7 Å². The molecule has 1 heterocycles. The van der Waals surface area contributed by atoms with Gasteiger partial charge in [-0.2, -0.15) is 0 Å². The first-order valence-corrected chi connectivity index (χ1v) is 8.51. The third-order valence-corrected chi connectivity index (χ3v) is 4.19. The Bertz CT molecular complexity index is 946. The van der Waals surface area contributed by atoms with Crippen molar-refractivity contribution in [1.29, 1.82) is 0 Å². The minimum absolute atomic E-state index is 0.181. The Morgan fingerprint density at radius 3 is 2.46 bits per heavy atom. The van der Waals surface area contributed by atoms with E-state index in [1.165, 1.54) is 7.11 Å². The zero-order valence-electron chi connectivity index (χ0n) is 16.0. The normalized spacial score (nSPS) is 14.9. The number of fused-ring (bicyclic) bond motifs is 1. The van der Waals surface area contributed by atoms with Crippen LogP contribution in [0.5, 0.6) is 23.0 Å². The van der Waals surface area contributed by atoms with Gasteiger partial charge in [0.05, 0.1) is 26.9 Å². The highest BCUT2D eigenvalue weighted by molar-refractivity contribution is 6.14. The van der Waals surface area contributed by atoms with Crippen molar-refractivity contribution in [3.8, 4) is 23.0 Å². The standard InChI is InChI=1S/C21H20O7/c1-12(21(23)26-4)27-14-6-7-15-17(11-14)28-19(20(15)22)10-13-5-8-16(24-2)18(9-13)25-3/h5-12H,1-4H3/t12-/m0/s1. The lowest BCUT2D eigenvalue weighted by molar-refractivity contribution is -0.147. The number of hydrogen-bond donors (Lipinski definition) is 0. The molecule has 28 heavy (non-hydrogen) atoms. The Hall–Kier alpha value is -3.48. The fraction of sp³-hybridized carbons (Fsp3) is 0.238. The number of rotatable bonds is 6. The minimum atomic E-state index is -0.776. The average molecular weight is 384 g/mol. The molecule has 2 aromatic rings. The van der Waals surface area contributed by atoms with Gasteiger partial charge in [-0.25, -0.2) is 4.79 Å². The van der Waals surface area contributed by atoms with Crippen molar-refractivity contribution in [2.75, 3.05) is 21.3 Å². The number of ketones is 1. The second-order valence-electron chi connectivity index (χ2n) is 6.00. The van der Waals surface area contributed by atoms with Crippen LogP contribution in [-0.4, -0.2) is 39.2 Å². The molecule has 0 radical (unpaired) electrons. The zero-order valence-corrected chi connectivity index (χ0v) is 16.0. The number of ether oxygens (including phenoxy) is 5. The van der Waals surface area contributed by atoms with Crippen LogP contribution < -0.4 is 18.9 Å². The predicted octanol–water partition coefficient (Wildman–Crippen LogP) is 3.26. The summed E-state index contributed by atoms with van der Waals surface area (Å²) in [6.07, 6.45) is 0.851. The van der Waals surface area contributed by atoms with Gasteiger partial charge in [-0.05, 0) is 42.8 Å². The summed E-state index contributed by atoms with van der Waals surface area (Å²) in [5, 5.41) is 0. The minimum Gasteiger partial charge on any atom is -0.493 e. The summed E-state index contributed by atoms with van der Waals surface area (Å²) in [5.74, 6) is 1.35. The van der Waals surface area contributed by atoms with E-state index in [4.69, 9.17) is 18.9 Å². The van der Waals surface area contributed by atoms with E-state index < -0.39 is 12.1 Å². The lowest BCUT2D eigenvalue weighted by Gasteiger charge is -2.12. The number of benzene rings is 2. The second kappa shape index (κ2) is 8.04. The van der Waals surface area contributed by atoms with Gasteiger partial charge in [0.25, 0.3) is 0 Å². The summed E-state index contributed by atoms with van der Waals surface area (Å²) in [6.45, 7) is 1.58. The average Bonchev–Trinajstić information content (AvgIpc) is 3.01. The predicted molar refractivity (Wildman–Crippen MR) is 101 cm³/mol. The first kappa shape index (κ1) is 19.3. The van der Waals surface area contributed by atoms with Crippen LogP contribution in [0.25, 0.3) is 6.08 Å². The van der Waals surface area contributed by atoms with Crippen LogP contribution in [0.4, 0.5) is 0 Å². The molecule has 1 atom stereocenters. The second-order valence-corrected chi connectivity index (χ2v) is 6.00. The molecular formula is C21H20O7. The molecule has 0 aliphatic carbocycles. The summed E-state index contributed by atoms with van der Waals surface area (Å²) in [6, 6.07) is 10.1. The van der Waals surface area contributed by atoms with Crippen molar-refractivity contribution < 1.29 is 33.3 Å². The van der Waals surface area contributed by atoms with Crippen molar-refractivity contribution in [2.24, 2.45) is 0 Å². The van der Waals surface area contributed by atoms with Gasteiger partial charge in [-0.15, -0.1) is 0 Å². The van der Waals surface area contributed by atoms with Gasteiger partial charge >= 0.3 is 5.97 Å². The van der Waals surface area contributed by atoms with Gasteiger partial charge in [0, 0.05) is 6.07 Å². The fourth-order valence-electron chi connectivity index (χ4n) is 2.75. The van der Waals surface area contributed by atoms with Crippen LogP contribution in [0.3, 0.4) is 0 Å². The van der Waals surface area contributed by atoms with Gasteiger partial charge in [0.15, 0.2) is 23.4 Å². The molecule has 0 fully saturated rings. The molecule has 146 valence electrons. The van der Waals surface area contributed by atoms with Gasteiger partial charge in [0.2, 0.25) is 5.78 Å². The van der Waals surface area contributed by atoms with E-state index in [-0.39, 0.29) is 11.5 Å². The highest BCUT2D eigenvalue weighted by Crippen LogP contribution is 2.36. The fourth-order valence-corrected chi connectivity index (χ4v) is 2.75. The molecule has 0 aromatic heterocycles. The van der Waals surface area contributed by atoms with E-state index in [0.29, 0.717) is 28.6 Å². The summed E-state index contributed by atoms with van der Waals surface area (Å²) in [5.41, 5.74) is 1.15. The van der Waals surface area contributed by atoms with Crippen LogP contribution in [-0.2, 0) is 9.53 Å². The molecule has 0 saturated carbocycles. The number of carbonyl (C=O) groups excluding carboxylic acids is 2. The van der Waals surface area contributed by atoms with Crippen molar-refractivity contribution in [3.63, 3.8) is 0 Å². The van der Waals surface area contributed by atoms with E-state index in [0.717, 1.165) is 5.56 Å². The van der Waals surface area contributed by atoms with Crippen molar-refractivity contribution in [2.45, 2.75) is 13.0 Å². The molecule has 1 aliphatic heterocycles. The summed E-state index contributed by atoms with van der Waals surface area (Å²) in [7, 11) is 4.38. The van der Waals surface area contributed by atoms with E-state index in [2.05, 4.69) is 4.74 Å². The zero-order chi connectivity index (χ0) is 20.3. The van der Waals surface area contributed by atoms with E-state index in [9.17, 15) is 9.59 Å². The Morgan fingerprint density at radius 1 is 1.04 bits per heavy atom. The molecule has 7 heteroatoms. The Labute approximate surface area is 162 Å². The Balaban J connectivity index is 1.83. The smallest absolute Gasteiger partial charge is 0.346 e. The number of methoxy groups -OCH3 is 3. The first-order chi connectivity index (χ1) is 13.5. The first-order valence-electron chi connectivity index (χ1n) is 8.51. The van der Waals surface area contributed by atoms with Crippen LogP contribution in [0.1, 0.15) is 22.8 Å². The van der Waals surface area contributed by atoms with Crippen LogP contribution in [0, 0.1) is 0 Å². The van der Waals surface area contributed by atoms with Gasteiger partial charge in [0.1, 0.15) is 11.5 Å². The number of allylic oxidation sites excluding steroid dienone is 1. The molecule has 0 unspecified atom stereocenters. The van der Waals surface area contributed by atoms with Gasteiger partial charge in [-0.3, -0.25) is 4.79 Å². The molecule has 0 bridgehead atoms. The van der Waals surface area contributed by atoms with Gasteiger partial charge in [-0.1, -0.05) is 6.07 Å². The third-order valence-electron chi connectivity index (χ3n) is 4.19. The molecule has 0 N–H and O–H groups in total. The molecule has 3 rings (SSSR count). The Kier molecular flexibility index (Phi) is 5.54. The quantitative estimate of drug-likeness (QED) is 0.559. The van der Waals surface area contributed by atoms with Crippen molar-refractivity contribution in [3.05, 3.63) is 53.3 Å². The van der Waals surface area contributed by atoms with Crippen LogP contribution >= 0.6 is 0 Å². The molecule has 1 aliphatic rings. The molecule has 0 saturated heterocycles. The topological polar surface area (TPSA) is 80.3 Å². The third kappa shape index (κ3) is 3.78. The number of esters is 1. The van der Waals surface area contributed by atoms with Crippen LogP contribution in [0.2, 0.25) is 0 Å². The van der Waals surface area contributed by atoms with E-state index in [1.54, 1.807) is 63.6 Å². The molecular weight excluding hydrogens is 364 g/mol. The maximum Gasteiger partial charge on any atom is 0.346 e. The monoisotopic (exact) mass is 384 g/mol. The maximum absolute atomic E-state index is 12.6. The summed E-state index contributed by atoms with van der Waals surface area (Å²) < 4.78 is 26.4. The number of carbonyl (C=O) groups is 2. The molecule has 7 nitrogen and oxygen atoms in total. The lowest BCUT2D eigenvalue weighted by Crippen LogP contribution is -2.24. The van der Waals surface area contributed by atoms with Crippen molar-refractivity contribution in [1.82, 2.24) is 0 Å². The summed E-state index contributed by atoms with van der Waals surface area (Å²) in [4.78, 5) is 24.1. The largest absolute Gasteiger partial charge is 0.493 e. The van der Waals surface area contributed by atoms with Crippen LogP contribution in [0.15, 0.2) is 42.2 Å². The summed E-state index contributed by atoms with van der Waals surface area (Å²) >= 11 is 0. The lowest BCUT2D eigenvalue weighted by atomic mass is 10.1. The molecule has 2 aromatic carbocycles. The SMILES string of the molecule is COC(=O)[C@H](C)Oc1ccc2c(c1)OC(=Cc1ccc(OC)c(OC)c1)C2=O. The Morgan fingerprint density at radius 2 is 1.79 bits per heavy atom.